The van der Waals surface area contributed by atoms with Gasteiger partial charge < -0.3 is 0 Å². The molecule has 3 nitrogen and oxygen atoms in total. The van der Waals surface area contributed by atoms with E-state index >= 15 is 0 Å². The van der Waals surface area contributed by atoms with E-state index in [2.05, 4.69) is 0 Å². The summed E-state index contributed by atoms with van der Waals surface area (Å²) in [6, 6.07) is 8.47. The highest BCUT2D eigenvalue weighted by Crippen LogP contribution is 2.28. The van der Waals surface area contributed by atoms with Crippen molar-refractivity contribution in [1.29, 1.82) is 0 Å². The summed E-state index contributed by atoms with van der Waals surface area (Å²) in [5.41, 5.74) is 0. The van der Waals surface area contributed by atoms with Gasteiger partial charge in [0.05, 0.1) is 10.6 Å². The molecule has 0 radical (unpaired) electrons. The number of carbonyl (C=O) groups excluding carboxylic acids is 1. The Labute approximate surface area is 108 Å². The smallest absolute Gasteiger partial charge is 0.178 e. The average Bonchev–Trinajstić information content (AvgIpc) is 2.28. The van der Waals surface area contributed by atoms with Crippen LogP contribution in [0.3, 0.4) is 0 Å². The molecule has 1 saturated carbocycles. The summed E-state index contributed by atoms with van der Waals surface area (Å²) in [7, 11) is -3.26. The number of hydrogen-bond donors (Lipinski definition) is 0. The molecule has 1 aromatic carbocycles. The van der Waals surface area contributed by atoms with Crippen LogP contribution >= 0.6 is 0 Å². The number of carbonyl (C=O) groups is 1. The molecule has 0 N–H and O–H groups in total. The highest BCUT2D eigenvalue weighted by atomic mass is 32.2. The molecule has 0 aliphatic heterocycles. The Morgan fingerprint density at radius 1 is 1.17 bits per heavy atom. The number of ketones is 1. The van der Waals surface area contributed by atoms with Crippen LogP contribution in [0, 0.1) is 11.8 Å². The first-order valence-corrected chi connectivity index (χ1v) is 7.92. The predicted octanol–water partition coefficient (Wildman–Crippen LogP) is 2.47. The van der Waals surface area contributed by atoms with Crippen molar-refractivity contribution in [2.45, 2.75) is 31.1 Å². The highest BCUT2D eigenvalue weighted by molar-refractivity contribution is 7.91. The normalized spacial score (nSPS) is 25.1. The van der Waals surface area contributed by atoms with E-state index in [0.717, 1.165) is 6.42 Å². The van der Waals surface area contributed by atoms with Crippen molar-refractivity contribution in [3.63, 3.8) is 0 Å². The van der Waals surface area contributed by atoms with Gasteiger partial charge in [-0.05, 0) is 30.4 Å². The zero-order valence-electron chi connectivity index (χ0n) is 10.5. The van der Waals surface area contributed by atoms with Gasteiger partial charge in [0.25, 0.3) is 0 Å². The molecule has 2 atom stereocenters. The second kappa shape index (κ2) is 5.22. The maximum Gasteiger partial charge on any atom is 0.178 e. The molecule has 0 saturated heterocycles. The lowest BCUT2D eigenvalue weighted by Gasteiger charge is -2.25. The van der Waals surface area contributed by atoms with E-state index in [9.17, 15) is 13.2 Å². The van der Waals surface area contributed by atoms with E-state index in [1.165, 1.54) is 0 Å². The fourth-order valence-corrected chi connectivity index (χ4v) is 4.33. The number of Topliss-reactive ketones (excluding diaryl/α,β-unsaturated/α-hetero) is 1. The SMILES string of the molecule is C[C@H]1CC(=O)C[C@@H](CS(=O)(=O)c2ccccc2)C1. The average molecular weight is 266 g/mol. The summed E-state index contributed by atoms with van der Waals surface area (Å²) in [5, 5.41) is 0. The maximum absolute atomic E-state index is 12.2. The Morgan fingerprint density at radius 3 is 2.44 bits per heavy atom. The zero-order valence-corrected chi connectivity index (χ0v) is 11.3. The zero-order chi connectivity index (χ0) is 13.2. The summed E-state index contributed by atoms with van der Waals surface area (Å²) < 4.78 is 24.4. The lowest BCUT2D eigenvalue weighted by atomic mass is 9.83. The standard InChI is InChI=1S/C14H18O3S/c1-11-7-12(9-13(15)8-11)10-18(16,17)14-5-3-2-4-6-14/h2-6,11-12H,7-10H2,1H3/t11-,12+/m1/s1. The van der Waals surface area contributed by atoms with E-state index in [-0.39, 0.29) is 17.5 Å². The Morgan fingerprint density at radius 2 is 1.83 bits per heavy atom. The number of hydrogen-bond acceptors (Lipinski definition) is 3. The third-order valence-electron chi connectivity index (χ3n) is 3.39. The molecule has 1 aliphatic rings. The van der Waals surface area contributed by atoms with Crippen LogP contribution < -0.4 is 0 Å². The Bertz CT molecular complexity index is 519. The van der Waals surface area contributed by atoms with Crippen LogP contribution in [0.1, 0.15) is 26.2 Å². The predicted molar refractivity (Wildman–Crippen MR) is 70.0 cm³/mol. The van der Waals surface area contributed by atoms with Gasteiger partial charge in [0.2, 0.25) is 0 Å². The fraction of sp³-hybridized carbons (Fsp3) is 0.500. The van der Waals surface area contributed by atoms with E-state index in [1.54, 1.807) is 30.3 Å². The van der Waals surface area contributed by atoms with Crippen molar-refractivity contribution >= 4 is 15.6 Å². The second-order valence-electron chi connectivity index (χ2n) is 5.25. The van der Waals surface area contributed by atoms with Crippen LogP contribution in [0.2, 0.25) is 0 Å². The van der Waals surface area contributed by atoms with Gasteiger partial charge in [-0.3, -0.25) is 4.79 Å². The first-order chi connectivity index (χ1) is 8.47. The summed E-state index contributed by atoms with van der Waals surface area (Å²) in [6.07, 6.45) is 1.84. The van der Waals surface area contributed by atoms with Gasteiger partial charge in [0.15, 0.2) is 9.84 Å². The molecule has 1 aliphatic carbocycles. The number of rotatable bonds is 3. The minimum atomic E-state index is -3.26. The molecule has 4 heteroatoms. The molecule has 0 aromatic heterocycles. The van der Waals surface area contributed by atoms with Crippen LogP contribution in [0.4, 0.5) is 0 Å². The number of sulfone groups is 1. The summed E-state index contributed by atoms with van der Waals surface area (Å²) in [5.74, 6) is 0.572. The third-order valence-corrected chi connectivity index (χ3v) is 5.29. The van der Waals surface area contributed by atoms with Crippen LogP contribution in [-0.2, 0) is 14.6 Å². The molecule has 1 aromatic rings. The van der Waals surface area contributed by atoms with Gasteiger partial charge in [0.1, 0.15) is 5.78 Å². The fourth-order valence-electron chi connectivity index (χ4n) is 2.69. The van der Waals surface area contributed by atoms with Crippen molar-refractivity contribution in [1.82, 2.24) is 0 Å². The molecule has 0 unspecified atom stereocenters. The van der Waals surface area contributed by atoms with Crippen molar-refractivity contribution < 1.29 is 13.2 Å². The Balaban J connectivity index is 2.11. The minimum Gasteiger partial charge on any atom is -0.300 e. The first-order valence-electron chi connectivity index (χ1n) is 6.27. The minimum absolute atomic E-state index is 0.0218. The van der Waals surface area contributed by atoms with Crippen molar-refractivity contribution in [2.24, 2.45) is 11.8 Å². The van der Waals surface area contributed by atoms with Crippen molar-refractivity contribution in [3.05, 3.63) is 30.3 Å². The van der Waals surface area contributed by atoms with E-state index in [0.29, 0.717) is 23.7 Å². The van der Waals surface area contributed by atoms with E-state index < -0.39 is 9.84 Å². The molecule has 0 spiro atoms. The Kier molecular flexibility index (Phi) is 3.85. The van der Waals surface area contributed by atoms with Gasteiger partial charge >= 0.3 is 0 Å². The topological polar surface area (TPSA) is 51.2 Å². The van der Waals surface area contributed by atoms with Crippen molar-refractivity contribution in [2.75, 3.05) is 5.75 Å². The van der Waals surface area contributed by atoms with Gasteiger partial charge in [-0.15, -0.1) is 0 Å². The molecule has 2 rings (SSSR count). The maximum atomic E-state index is 12.2. The molecule has 1 fully saturated rings. The van der Waals surface area contributed by atoms with Crippen molar-refractivity contribution in [3.8, 4) is 0 Å². The molecule has 0 amide bonds. The lowest BCUT2D eigenvalue weighted by Crippen LogP contribution is -2.26. The highest BCUT2D eigenvalue weighted by Gasteiger charge is 2.29. The molecule has 0 heterocycles. The summed E-state index contributed by atoms with van der Waals surface area (Å²) in [6.45, 7) is 2.01. The molecular formula is C14H18O3S. The number of benzene rings is 1. The first kappa shape index (κ1) is 13.3. The van der Waals surface area contributed by atoms with E-state index in [1.807, 2.05) is 6.92 Å². The summed E-state index contributed by atoms with van der Waals surface area (Å²) in [4.78, 5) is 11.9. The largest absolute Gasteiger partial charge is 0.300 e. The van der Waals surface area contributed by atoms with Gasteiger partial charge in [-0.25, -0.2) is 8.42 Å². The van der Waals surface area contributed by atoms with Crippen LogP contribution in [0.25, 0.3) is 0 Å². The second-order valence-corrected chi connectivity index (χ2v) is 7.28. The quantitative estimate of drug-likeness (QED) is 0.844. The molecule has 18 heavy (non-hydrogen) atoms. The summed E-state index contributed by atoms with van der Waals surface area (Å²) >= 11 is 0. The van der Waals surface area contributed by atoms with E-state index in [4.69, 9.17) is 0 Å². The molecular weight excluding hydrogens is 248 g/mol. The van der Waals surface area contributed by atoms with Crippen LogP contribution in [0.5, 0.6) is 0 Å². The monoisotopic (exact) mass is 266 g/mol. The molecule has 98 valence electrons. The van der Waals surface area contributed by atoms with Crippen LogP contribution in [-0.4, -0.2) is 20.0 Å². The molecule has 0 bridgehead atoms. The van der Waals surface area contributed by atoms with Gasteiger partial charge in [0, 0.05) is 12.8 Å². The lowest BCUT2D eigenvalue weighted by molar-refractivity contribution is -0.122. The van der Waals surface area contributed by atoms with Gasteiger partial charge in [-0.2, -0.15) is 0 Å². The van der Waals surface area contributed by atoms with Crippen LogP contribution in [0.15, 0.2) is 35.2 Å². The van der Waals surface area contributed by atoms with Gasteiger partial charge in [-0.1, -0.05) is 25.1 Å². The Hall–Kier alpha value is -1.16. The third kappa shape index (κ3) is 3.19.